The van der Waals surface area contributed by atoms with Gasteiger partial charge in [-0.2, -0.15) is 21.6 Å². The Bertz CT molecular complexity index is 1170. The molecule has 1 heterocycles. The average molecular weight is 613 g/mol. The van der Waals surface area contributed by atoms with E-state index in [0.29, 0.717) is 5.56 Å². The van der Waals surface area contributed by atoms with Crippen molar-refractivity contribution >= 4 is 28.0 Å². The number of rotatable bonds is 9. The standard InChI is InChI=1S/C26H35F3O11S/c1-15(30)37-18-17(14-36-22(31)24(2,3)4)38-21(35-13-16-11-9-8-10-12-16)20(40-41(33,34)26(27,28)29)19(18)39-23(32)25(5,6)7/h8-12,17-21H,13-14H2,1-7H3/t17-,18-,19+,20-,21-/m1/s1. The number of hydrogen-bond acceptors (Lipinski definition) is 11. The fraction of sp³-hybridized carbons (Fsp3) is 0.654. The van der Waals surface area contributed by atoms with E-state index in [0.717, 1.165) is 6.92 Å². The van der Waals surface area contributed by atoms with E-state index in [1.807, 2.05) is 0 Å². The predicted molar refractivity (Wildman–Crippen MR) is 135 cm³/mol. The Morgan fingerprint density at radius 1 is 0.854 bits per heavy atom. The summed E-state index contributed by atoms with van der Waals surface area (Å²) in [6.07, 6.45) is -9.48. The van der Waals surface area contributed by atoms with Crippen LogP contribution in [0.2, 0.25) is 0 Å². The summed E-state index contributed by atoms with van der Waals surface area (Å²) in [5.74, 6) is -2.68. The smallest absolute Gasteiger partial charge is 0.462 e. The first kappa shape index (κ1) is 34.5. The van der Waals surface area contributed by atoms with Gasteiger partial charge in [-0.15, -0.1) is 0 Å². The van der Waals surface area contributed by atoms with Crippen molar-refractivity contribution in [1.82, 2.24) is 0 Å². The first-order valence-electron chi connectivity index (χ1n) is 12.5. The molecule has 2 rings (SSSR count). The molecule has 11 nitrogen and oxygen atoms in total. The highest BCUT2D eigenvalue weighted by Gasteiger charge is 2.58. The summed E-state index contributed by atoms with van der Waals surface area (Å²) < 4.78 is 96.4. The molecular weight excluding hydrogens is 577 g/mol. The number of carbonyl (C=O) groups is 3. The lowest BCUT2D eigenvalue weighted by molar-refractivity contribution is -0.305. The Morgan fingerprint density at radius 3 is 1.90 bits per heavy atom. The molecule has 0 N–H and O–H groups in total. The third kappa shape index (κ3) is 9.65. The van der Waals surface area contributed by atoms with Crippen molar-refractivity contribution in [3.8, 4) is 0 Å². The van der Waals surface area contributed by atoms with Gasteiger partial charge in [0.05, 0.1) is 17.4 Å². The van der Waals surface area contributed by atoms with Crippen molar-refractivity contribution in [3.63, 3.8) is 0 Å². The van der Waals surface area contributed by atoms with Crippen molar-refractivity contribution in [3.05, 3.63) is 35.9 Å². The number of hydrogen-bond donors (Lipinski definition) is 0. The first-order valence-corrected chi connectivity index (χ1v) is 13.9. The second-order valence-electron chi connectivity index (χ2n) is 11.3. The largest absolute Gasteiger partial charge is 0.523 e. The normalized spacial score (nSPS) is 23.9. The van der Waals surface area contributed by atoms with E-state index in [-0.39, 0.29) is 6.61 Å². The van der Waals surface area contributed by atoms with Gasteiger partial charge in [0.15, 0.2) is 24.6 Å². The molecule has 0 aliphatic carbocycles. The zero-order valence-corrected chi connectivity index (χ0v) is 24.5. The summed E-state index contributed by atoms with van der Waals surface area (Å²) in [5, 5.41) is 0. The minimum atomic E-state index is -6.31. The van der Waals surface area contributed by atoms with Gasteiger partial charge in [-0.25, -0.2) is 0 Å². The van der Waals surface area contributed by atoms with Crippen molar-refractivity contribution in [2.45, 2.75) is 91.3 Å². The van der Waals surface area contributed by atoms with Gasteiger partial charge in [-0.1, -0.05) is 30.3 Å². The monoisotopic (exact) mass is 612 g/mol. The Hall–Kier alpha value is -2.75. The molecule has 0 unspecified atom stereocenters. The van der Waals surface area contributed by atoms with Gasteiger partial charge in [0, 0.05) is 6.92 Å². The van der Waals surface area contributed by atoms with Crippen molar-refractivity contribution in [1.29, 1.82) is 0 Å². The summed E-state index contributed by atoms with van der Waals surface area (Å²) in [6, 6.07) is 8.25. The maximum Gasteiger partial charge on any atom is 0.523 e. The predicted octanol–water partition coefficient (Wildman–Crippen LogP) is 3.64. The van der Waals surface area contributed by atoms with E-state index in [9.17, 15) is 36.0 Å². The minimum absolute atomic E-state index is 0.301. The molecule has 232 valence electrons. The second-order valence-corrected chi connectivity index (χ2v) is 12.9. The van der Waals surface area contributed by atoms with E-state index in [1.54, 1.807) is 51.1 Å². The Morgan fingerprint density at radius 2 is 1.41 bits per heavy atom. The summed E-state index contributed by atoms with van der Waals surface area (Å²) in [5.41, 5.74) is -7.55. The topological polar surface area (TPSA) is 141 Å². The highest BCUT2D eigenvalue weighted by atomic mass is 32.2. The number of ether oxygens (including phenoxy) is 5. The van der Waals surface area contributed by atoms with E-state index in [4.69, 9.17) is 23.7 Å². The van der Waals surface area contributed by atoms with Crippen molar-refractivity contribution in [2.24, 2.45) is 10.8 Å². The molecule has 0 radical (unpaired) electrons. The number of alkyl halides is 3. The van der Waals surface area contributed by atoms with Gasteiger partial charge in [-0.3, -0.25) is 18.6 Å². The second kappa shape index (κ2) is 13.0. The molecule has 1 aromatic rings. The van der Waals surface area contributed by atoms with Gasteiger partial charge >= 0.3 is 33.5 Å². The number of benzene rings is 1. The molecule has 1 fully saturated rings. The quantitative estimate of drug-likeness (QED) is 0.175. The molecule has 41 heavy (non-hydrogen) atoms. The SMILES string of the molecule is CC(=O)O[C@H]1[C@H](OC(=O)C(C)(C)C)[C@@H](OS(=O)(=O)C(F)(F)F)[C@H](OCc2ccccc2)O[C@@H]1COC(=O)C(C)(C)C. The molecular formula is C26H35F3O11S. The van der Waals surface area contributed by atoms with E-state index < -0.39 is 81.7 Å². The highest BCUT2D eigenvalue weighted by molar-refractivity contribution is 7.87. The number of carbonyl (C=O) groups excluding carboxylic acids is 3. The minimum Gasteiger partial charge on any atom is -0.462 e. The van der Waals surface area contributed by atoms with E-state index in [1.165, 1.54) is 20.8 Å². The third-order valence-electron chi connectivity index (χ3n) is 5.52. The zero-order chi connectivity index (χ0) is 31.4. The van der Waals surface area contributed by atoms with Crippen LogP contribution in [0.15, 0.2) is 30.3 Å². The van der Waals surface area contributed by atoms with Gasteiger partial charge in [-0.05, 0) is 47.1 Å². The lowest BCUT2D eigenvalue weighted by Crippen LogP contribution is -2.63. The summed E-state index contributed by atoms with van der Waals surface area (Å²) in [4.78, 5) is 37.4. The van der Waals surface area contributed by atoms with Crippen LogP contribution in [0.5, 0.6) is 0 Å². The fourth-order valence-corrected chi connectivity index (χ4v) is 3.95. The van der Waals surface area contributed by atoms with Crippen LogP contribution in [0.4, 0.5) is 13.2 Å². The summed E-state index contributed by atoms with van der Waals surface area (Å²) in [7, 11) is -6.31. The Balaban J connectivity index is 2.61. The van der Waals surface area contributed by atoms with Crippen LogP contribution in [-0.4, -0.2) is 69.1 Å². The van der Waals surface area contributed by atoms with E-state index in [2.05, 4.69) is 4.18 Å². The molecule has 15 heteroatoms. The maximum absolute atomic E-state index is 13.4. The lowest BCUT2D eigenvalue weighted by atomic mass is 9.95. The fourth-order valence-electron chi connectivity index (χ4n) is 3.35. The van der Waals surface area contributed by atoms with Crippen LogP contribution < -0.4 is 0 Å². The third-order valence-corrected chi connectivity index (χ3v) is 6.56. The maximum atomic E-state index is 13.4. The molecule has 0 amide bonds. The van der Waals surface area contributed by atoms with Crippen LogP contribution in [0.1, 0.15) is 54.0 Å². The average Bonchev–Trinajstić information content (AvgIpc) is 2.82. The van der Waals surface area contributed by atoms with Crippen LogP contribution in [0, 0.1) is 10.8 Å². The van der Waals surface area contributed by atoms with Crippen LogP contribution in [0.25, 0.3) is 0 Å². The van der Waals surface area contributed by atoms with Crippen molar-refractivity contribution < 1.29 is 63.8 Å². The number of halogens is 3. The molecule has 0 aromatic heterocycles. The van der Waals surface area contributed by atoms with Gasteiger partial charge in [0.25, 0.3) is 0 Å². The molecule has 1 saturated heterocycles. The Kier molecular flexibility index (Phi) is 11.0. The molecule has 0 spiro atoms. The molecule has 0 saturated carbocycles. The zero-order valence-electron chi connectivity index (χ0n) is 23.7. The Labute approximate surface area is 236 Å². The van der Waals surface area contributed by atoms with Gasteiger partial charge < -0.3 is 23.7 Å². The van der Waals surface area contributed by atoms with Crippen LogP contribution in [-0.2, 0) is 59.0 Å². The van der Waals surface area contributed by atoms with Crippen molar-refractivity contribution in [2.75, 3.05) is 6.61 Å². The van der Waals surface area contributed by atoms with Gasteiger partial charge in [0.1, 0.15) is 12.7 Å². The van der Waals surface area contributed by atoms with E-state index >= 15 is 0 Å². The molecule has 1 aliphatic rings. The highest BCUT2D eigenvalue weighted by Crippen LogP contribution is 2.36. The first-order chi connectivity index (χ1) is 18.6. The summed E-state index contributed by atoms with van der Waals surface area (Å²) in [6.45, 7) is 9.02. The molecule has 0 bridgehead atoms. The van der Waals surface area contributed by atoms with Crippen LogP contribution >= 0.6 is 0 Å². The number of esters is 3. The van der Waals surface area contributed by atoms with Gasteiger partial charge in [0.2, 0.25) is 0 Å². The lowest BCUT2D eigenvalue weighted by Gasteiger charge is -2.44. The van der Waals surface area contributed by atoms with Crippen LogP contribution in [0.3, 0.4) is 0 Å². The summed E-state index contributed by atoms with van der Waals surface area (Å²) >= 11 is 0. The molecule has 1 aromatic carbocycles. The molecule has 5 atom stereocenters. The molecule has 1 aliphatic heterocycles.